The molecule has 1 amide bonds. The van der Waals surface area contributed by atoms with Crippen LogP contribution in [0.15, 0.2) is 39.0 Å². The topological polar surface area (TPSA) is 152 Å². The molecule has 0 fully saturated rings. The molecule has 0 atom stereocenters. The third-order valence-corrected chi connectivity index (χ3v) is 2.65. The van der Waals surface area contributed by atoms with Gasteiger partial charge < -0.3 is 10.4 Å². The maximum Gasteiger partial charge on any atom is 0.342 e. The largest absolute Gasteiger partial charge is 0.508 e. The first-order chi connectivity index (χ1) is 11.0. The fourth-order valence-corrected chi connectivity index (χ4v) is 1.56. The van der Waals surface area contributed by atoms with Crippen LogP contribution in [-0.4, -0.2) is 39.0 Å². The average Bonchev–Trinajstić information content (AvgIpc) is 2.51. The van der Waals surface area contributed by atoms with Crippen molar-refractivity contribution in [3.05, 3.63) is 50.7 Å². The van der Waals surface area contributed by atoms with Gasteiger partial charge in [0.05, 0.1) is 6.21 Å². The molecule has 0 bridgehead atoms. The van der Waals surface area contributed by atoms with Gasteiger partial charge in [-0.3, -0.25) is 14.6 Å². The number of nitrogens with one attached hydrogen (secondary N) is 4. The summed E-state index contributed by atoms with van der Waals surface area (Å²) in [4.78, 5) is 35.7. The number of aromatic nitrogens is 3. The first kappa shape index (κ1) is 15.9. The van der Waals surface area contributed by atoms with Crippen LogP contribution in [0.2, 0.25) is 0 Å². The van der Waals surface area contributed by atoms with Crippen LogP contribution in [-0.2, 0) is 4.79 Å². The molecule has 1 heterocycles. The number of aromatic amines is 2. The maximum atomic E-state index is 11.5. The highest BCUT2D eigenvalue weighted by Crippen LogP contribution is 2.07. The van der Waals surface area contributed by atoms with Crippen molar-refractivity contribution < 1.29 is 9.90 Å². The number of phenolic OH excluding ortho intramolecular Hbond substituents is 1. The van der Waals surface area contributed by atoms with E-state index >= 15 is 0 Å². The van der Waals surface area contributed by atoms with Crippen molar-refractivity contribution in [2.75, 3.05) is 11.9 Å². The number of carbonyl (C=O) groups is 1. The quantitative estimate of drug-likeness (QED) is 0.344. The third kappa shape index (κ3) is 5.12. The molecule has 0 spiro atoms. The lowest BCUT2D eigenvalue weighted by Gasteiger charge is -2.02. The van der Waals surface area contributed by atoms with E-state index in [9.17, 15) is 14.4 Å². The number of nitrogens with zero attached hydrogens (tertiary/aromatic N) is 2. The van der Waals surface area contributed by atoms with E-state index in [4.69, 9.17) is 5.11 Å². The summed E-state index contributed by atoms with van der Waals surface area (Å²) < 4.78 is 0. The minimum atomic E-state index is -0.707. The van der Waals surface area contributed by atoms with Gasteiger partial charge in [0.2, 0.25) is 11.7 Å². The second kappa shape index (κ2) is 7.54. The zero-order valence-electron chi connectivity index (χ0n) is 11.9. The molecule has 0 unspecified atom stereocenters. The van der Waals surface area contributed by atoms with E-state index in [1.165, 1.54) is 18.3 Å². The van der Waals surface area contributed by atoms with E-state index in [1.54, 1.807) is 12.1 Å². The summed E-state index contributed by atoms with van der Waals surface area (Å²) in [6.45, 7) is 0.142. The number of hydrogen-bond acceptors (Lipinski definition) is 7. The fraction of sp³-hybridized carbons (Fsp3) is 0.154. The van der Waals surface area contributed by atoms with Crippen LogP contribution >= 0.6 is 0 Å². The molecule has 0 aliphatic carbocycles. The number of phenols is 1. The van der Waals surface area contributed by atoms with Crippen LogP contribution in [0.3, 0.4) is 0 Å². The molecule has 1 aromatic heterocycles. The second-order valence-electron chi connectivity index (χ2n) is 4.42. The Kier molecular flexibility index (Phi) is 5.23. The Balaban J connectivity index is 1.75. The first-order valence-corrected chi connectivity index (χ1v) is 6.58. The lowest BCUT2D eigenvalue weighted by Crippen LogP contribution is -2.28. The Bertz CT molecular complexity index is 808. The minimum absolute atomic E-state index is 0.0488. The van der Waals surface area contributed by atoms with Gasteiger partial charge >= 0.3 is 5.69 Å². The van der Waals surface area contributed by atoms with Crippen molar-refractivity contribution in [2.24, 2.45) is 5.10 Å². The maximum absolute atomic E-state index is 11.5. The predicted molar refractivity (Wildman–Crippen MR) is 82.4 cm³/mol. The Morgan fingerprint density at radius 2 is 2.04 bits per heavy atom. The van der Waals surface area contributed by atoms with E-state index in [-0.39, 0.29) is 30.4 Å². The molecule has 0 radical (unpaired) electrons. The Hall–Kier alpha value is -3.43. The summed E-state index contributed by atoms with van der Waals surface area (Å²) in [5.74, 6) is -0.304. The summed E-state index contributed by atoms with van der Waals surface area (Å²) in [7, 11) is 0. The van der Waals surface area contributed by atoms with Crippen LogP contribution in [0.1, 0.15) is 12.0 Å². The third-order valence-electron chi connectivity index (χ3n) is 2.65. The average molecular weight is 318 g/mol. The lowest BCUT2D eigenvalue weighted by atomic mass is 10.2. The SMILES string of the molecule is O=C(CCNc1n[nH]c(=O)[nH]c1=O)N/N=C/c1ccc(O)cc1. The zero-order valence-corrected chi connectivity index (χ0v) is 11.9. The lowest BCUT2D eigenvalue weighted by molar-refractivity contribution is -0.120. The molecule has 23 heavy (non-hydrogen) atoms. The van der Waals surface area contributed by atoms with Crippen molar-refractivity contribution in [2.45, 2.75) is 6.42 Å². The first-order valence-electron chi connectivity index (χ1n) is 6.58. The highest BCUT2D eigenvalue weighted by Gasteiger charge is 2.03. The molecule has 2 aromatic rings. The summed E-state index contributed by atoms with van der Waals surface area (Å²) in [5, 5.41) is 21.1. The molecule has 1 aromatic carbocycles. The predicted octanol–water partition coefficient (Wildman–Crippen LogP) is -0.884. The number of hydrogen-bond donors (Lipinski definition) is 5. The van der Waals surface area contributed by atoms with Gasteiger partial charge in [0.15, 0.2) is 0 Å². The highest BCUT2D eigenvalue weighted by molar-refractivity contribution is 5.82. The van der Waals surface area contributed by atoms with Crippen molar-refractivity contribution in [1.29, 1.82) is 0 Å². The van der Waals surface area contributed by atoms with E-state index < -0.39 is 11.2 Å². The smallest absolute Gasteiger partial charge is 0.342 e. The van der Waals surface area contributed by atoms with Crippen LogP contribution < -0.4 is 22.0 Å². The van der Waals surface area contributed by atoms with Gasteiger partial charge in [-0.1, -0.05) is 0 Å². The number of benzene rings is 1. The van der Waals surface area contributed by atoms with Crippen LogP contribution in [0, 0.1) is 0 Å². The normalized spacial score (nSPS) is 10.6. The number of rotatable bonds is 6. The Morgan fingerprint density at radius 3 is 2.74 bits per heavy atom. The number of hydrazone groups is 1. The number of carbonyl (C=O) groups excluding carboxylic acids is 1. The highest BCUT2D eigenvalue weighted by atomic mass is 16.3. The van der Waals surface area contributed by atoms with Gasteiger partial charge in [0, 0.05) is 13.0 Å². The molecule has 120 valence electrons. The van der Waals surface area contributed by atoms with Gasteiger partial charge in [0.1, 0.15) is 5.75 Å². The number of H-pyrrole nitrogens is 2. The van der Waals surface area contributed by atoms with E-state index in [1.807, 2.05) is 4.98 Å². The second-order valence-corrected chi connectivity index (χ2v) is 4.42. The Morgan fingerprint density at radius 1 is 1.30 bits per heavy atom. The summed E-state index contributed by atoms with van der Waals surface area (Å²) in [6, 6.07) is 6.28. The van der Waals surface area contributed by atoms with Crippen molar-refractivity contribution in [3.8, 4) is 5.75 Å². The summed E-state index contributed by atoms with van der Waals surface area (Å²) >= 11 is 0. The van der Waals surface area contributed by atoms with Crippen LogP contribution in [0.5, 0.6) is 5.75 Å². The Labute approximate surface area is 129 Å². The van der Waals surface area contributed by atoms with Gasteiger partial charge in [-0.25, -0.2) is 15.3 Å². The van der Waals surface area contributed by atoms with E-state index in [0.29, 0.717) is 5.56 Å². The van der Waals surface area contributed by atoms with Gasteiger partial charge in [-0.05, 0) is 29.8 Å². The van der Waals surface area contributed by atoms with E-state index in [2.05, 4.69) is 26.0 Å². The summed E-state index contributed by atoms with van der Waals surface area (Å²) in [5.41, 5.74) is 1.66. The minimum Gasteiger partial charge on any atom is -0.508 e. The number of aromatic hydroxyl groups is 1. The molecule has 0 saturated heterocycles. The van der Waals surface area contributed by atoms with Gasteiger partial charge in [-0.2, -0.15) is 5.10 Å². The molecule has 10 nitrogen and oxygen atoms in total. The van der Waals surface area contributed by atoms with Crippen molar-refractivity contribution in [1.82, 2.24) is 20.6 Å². The monoisotopic (exact) mass is 318 g/mol. The molecule has 5 N–H and O–H groups in total. The number of anilines is 1. The fourth-order valence-electron chi connectivity index (χ4n) is 1.56. The molecule has 2 rings (SSSR count). The van der Waals surface area contributed by atoms with Gasteiger partial charge in [0.25, 0.3) is 5.56 Å². The molecule has 0 aliphatic rings. The van der Waals surface area contributed by atoms with Gasteiger partial charge in [-0.15, -0.1) is 5.10 Å². The van der Waals surface area contributed by atoms with Crippen molar-refractivity contribution >= 4 is 17.9 Å². The number of amides is 1. The molecular weight excluding hydrogens is 304 g/mol. The van der Waals surface area contributed by atoms with Crippen LogP contribution in [0.25, 0.3) is 0 Å². The molecule has 10 heteroatoms. The molecule has 0 aliphatic heterocycles. The van der Waals surface area contributed by atoms with E-state index in [0.717, 1.165) is 0 Å². The van der Waals surface area contributed by atoms with Crippen molar-refractivity contribution in [3.63, 3.8) is 0 Å². The molecule has 0 saturated carbocycles. The standard InChI is InChI=1S/C13H14N6O4/c20-9-3-1-8(2-4-9)7-15-17-10(21)5-6-14-11-12(22)16-13(23)19-18-11/h1-4,7,20H,5-6H2,(H,14,18)(H,17,21)(H2,16,19,22,23)/b15-7+. The summed E-state index contributed by atoms with van der Waals surface area (Å²) in [6.07, 6.45) is 1.48. The zero-order chi connectivity index (χ0) is 16.7. The van der Waals surface area contributed by atoms with Crippen LogP contribution in [0.4, 0.5) is 5.82 Å². The molecular formula is C13H14N6O4.